The third-order valence-electron chi connectivity index (χ3n) is 6.02. The molecule has 0 spiro atoms. The van der Waals surface area contributed by atoms with E-state index >= 15 is 0 Å². The summed E-state index contributed by atoms with van der Waals surface area (Å²) in [6.45, 7) is 4.67. The molecule has 0 bridgehead atoms. The van der Waals surface area contributed by atoms with Gasteiger partial charge in [-0.1, -0.05) is 37.5 Å². The van der Waals surface area contributed by atoms with E-state index in [2.05, 4.69) is 4.98 Å². The molecule has 0 radical (unpaired) electrons. The van der Waals surface area contributed by atoms with Crippen molar-refractivity contribution >= 4 is 17.3 Å². The largest absolute Gasteiger partial charge is 0.497 e. The number of ketones is 1. The fourth-order valence-corrected chi connectivity index (χ4v) is 4.32. The second-order valence-electron chi connectivity index (χ2n) is 8.22. The van der Waals surface area contributed by atoms with Crippen molar-refractivity contribution in [2.24, 2.45) is 5.92 Å². The minimum absolute atomic E-state index is 0.348. The Kier molecular flexibility index (Phi) is 7.99. The van der Waals surface area contributed by atoms with E-state index in [1.54, 1.807) is 31.2 Å². The van der Waals surface area contributed by atoms with Crippen LogP contribution in [0.3, 0.4) is 0 Å². The van der Waals surface area contributed by atoms with Gasteiger partial charge in [-0.15, -0.1) is 0 Å². The standard InChI is InChI=1S/C26H32N2O3/c1-4-23(24-14-13-22(31-3)16-19(24)2)25(29)26(30)28(17-20-10-6-5-7-11-20)18-21-12-8-9-15-27-21/h4,8-9,12-16,20H,5-7,10-11,17-18H2,1-3H3/b23-4+. The molecule has 0 atom stereocenters. The molecule has 3 rings (SSSR count). The number of benzene rings is 1. The highest BCUT2D eigenvalue weighted by molar-refractivity contribution is 6.53. The van der Waals surface area contributed by atoms with Crippen molar-refractivity contribution in [3.05, 3.63) is 65.5 Å². The number of aromatic nitrogens is 1. The smallest absolute Gasteiger partial charge is 0.295 e. The first-order valence-electron chi connectivity index (χ1n) is 11.1. The molecule has 1 saturated carbocycles. The van der Waals surface area contributed by atoms with Crippen molar-refractivity contribution in [2.45, 2.75) is 52.5 Å². The maximum Gasteiger partial charge on any atom is 0.295 e. The quantitative estimate of drug-likeness (QED) is 0.446. The molecule has 1 aromatic heterocycles. The van der Waals surface area contributed by atoms with E-state index < -0.39 is 11.7 Å². The number of carbonyl (C=O) groups is 2. The van der Waals surface area contributed by atoms with Crippen molar-refractivity contribution in [1.29, 1.82) is 0 Å². The van der Waals surface area contributed by atoms with E-state index in [9.17, 15) is 9.59 Å². The molecule has 2 aromatic rings. The lowest BCUT2D eigenvalue weighted by molar-refractivity contribution is -0.142. The van der Waals surface area contributed by atoms with Crippen LogP contribution in [-0.4, -0.2) is 35.2 Å². The molecule has 31 heavy (non-hydrogen) atoms. The summed E-state index contributed by atoms with van der Waals surface area (Å²) >= 11 is 0. The van der Waals surface area contributed by atoms with Gasteiger partial charge < -0.3 is 9.64 Å². The van der Waals surface area contributed by atoms with Crippen LogP contribution in [0.15, 0.2) is 48.7 Å². The number of pyridine rings is 1. The average molecular weight is 421 g/mol. The van der Waals surface area contributed by atoms with Crippen LogP contribution in [0.25, 0.3) is 5.57 Å². The number of Topliss-reactive ketones (excluding diaryl/α,β-unsaturated/α-hetero) is 1. The molecule has 0 N–H and O–H groups in total. The Balaban J connectivity index is 1.84. The molecule has 1 aliphatic carbocycles. The Bertz CT molecular complexity index is 931. The van der Waals surface area contributed by atoms with Crippen LogP contribution in [0, 0.1) is 12.8 Å². The molecule has 5 nitrogen and oxygen atoms in total. The van der Waals surface area contributed by atoms with Gasteiger partial charge in [0.1, 0.15) is 5.75 Å². The Hall–Kier alpha value is -2.95. The van der Waals surface area contributed by atoms with E-state index in [0.717, 1.165) is 35.4 Å². The van der Waals surface area contributed by atoms with Crippen LogP contribution in [0.5, 0.6) is 5.75 Å². The van der Waals surface area contributed by atoms with Crippen molar-refractivity contribution in [3.63, 3.8) is 0 Å². The average Bonchev–Trinajstić information content (AvgIpc) is 2.80. The number of hydrogen-bond donors (Lipinski definition) is 0. The first-order chi connectivity index (χ1) is 15.0. The molecule has 1 amide bonds. The summed E-state index contributed by atoms with van der Waals surface area (Å²) in [5.41, 5.74) is 2.89. The molecule has 164 valence electrons. The summed E-state index contributed by atoms with van der Waals surface area (Å²) < 4.78 is 5.27. The van der Waals surface area contributed by atoms with Gasteiger partial charge in [0.05, 0.1) is 19.3 Å². The van der Waals surface area contributed by atoms with E-state index in [0.29, 0.717) is 24.6 Å². The monoisotopic (exact) mass is 420 g/mol. The van der Waals surface area contributed by atoms with Gasteiger partial charge in [-0.2, -0.15) is 0 Å². The first-order valence-corrected chi connectivity index (χ1v) is 11.1. The number of aryl methyl sites for hydroxylation is 1. The van der Waals surface area contributed by atoms with Crippen molar-refractivity contribution in [3.8, 4) is 5.75 Å². The van der Waals surface area contributed by atoms with Crippen LogP contribution < -0.4 is 4.74 Å². The van der Waals surface area contributed by atoms with Crippen LogP contribution in [-0.2, 0) is 16.1 Å². The number of ether oxygens (including phenoxy) is 1. The van der Waals surface area contributed by atoms with E-state index in [1.165, 1.54) is 19.3 Å². The molecular formula is C26H32N2O3. The van der Waals surface area contributed by atoms with Gasteiger partial charge in [-0.25, -0.2) is 0 Å². The van der Waals surface area contributed by atoms with E-state index in [4.69, 9.17) is 4.74 Å². The maximum absolute atomic E-state index is 13.4. The number of allylic oxidation sites excluding steroid dienone is 1. The summed E-state index contributed by atoms with van der Waals surface area (Å²) in [7, 11) is 1.61. The van der Waals surface area contributed by atoms with E-state index in [-0.39, 0.29) is 0 Å². The van der Waals surface area contributed by atoms with Gasteiger partial charge in [0.15, 0.2) is 0 Å². The van der Waals surface area contributed by atoms with Gasteiger partial charge in [0.25, 0.3) is 11.7 Å². The normalized spacial score (nSPS) is 14.9. The maximum atomic E-state index is 13.4. The lowest BCUT2D eigenvalue weighted by Crippen LogP contribution is -2.40. The predicted octanol–water partition coefficient (Wildman–Crippen LogP) is 4.98. The van der Waals surface area contributed by atoms with Crippen molar-refractivity contribution in [1.82, 2.24) is 9.88 Å². The highest BCUT2D eigenvalue weighted by Gasteiger charge is 2.29. The highest BCUT2D eigenvalue weighted by atomic mass is 16.5. The molecule has 1 aromatic carbocycles. The van der Waals surface area contributed by atoms with Crippen LogP contribution >= 0.6 is 0 Å². The van der Waals surface area contributed by atoms with Gasteiger partial charge in [-0.3, -0.25) is 14.6 Å². The topological polar surface area (TPSA) is 59.5 Å². The van der Waals surface area contributed by atoms with Crippen molar-refractivity contribution < 1.29 is 14.3 Å². The SMILES string of the molecule is C/C=C(/C(=O)C(=O)N(Cc1ccccn1)CC1CCCCC1)c1ccc(OC)cc1C. The van der Waals surface area contributed by atoms with Gasteiger partial charge in [0.2, 0.25) is 0 Å². The summed E-state index contributed by atoms with van der Waals surface area (Å²) in [5.74, 6) is 0.234. The number of nitrogens with zero attached hydrogens (tertiary/aromatic N) is 2. The van der Waals surface area contributed by atoms with Gasteiger partial charge >= 0.3 is 0 Å². The molecule has 5 heteroatoms. The predicted molar refractivity (Wildman–Crippen MR) is 123 cm³/mol. The summed E-state index contributed by atoms with van der Waals surface area (Å²) in [5, 5.41) is 0. The summed E-state index contributed by atoms with van der Waals surface area (Å²) in [4.78, 5) is 32.8. The number of carbonyl (C=O) groups excluding carboxylic acids is 2. The number of rotatable bonds is 8. The molecule has 1 aliphatic rings. The number of hydrogen-bond acceptors (Lipinski definition) is 4. The second-order valence-corrected chi connectivity index (χ2v) is 8.22. The number of amides is 1. The van der Waals surface area contributed by atoms with E-state index in [1.807, 2.05) is 43.3 Å². The van der Waals surface area contributed by atoms with Crippen molar-refractivity contribution in [2.75, 3.05) is 13.7 Å². The van der Waals surface area contributed by atoms with Crippen LogP contribution in [0.2, 0.25) is 0 Å². The Morgan fingerprint density at radius 1 is 1.16 bits per heavy atom. The third kappa shape index (κ3) is 5.81. The minimum atomic E-state index is -0.470. The Morgan fingerprint density at radius 2 is 1.94 bits per heavy atom. The zero-order chi connectivity index (χ0) is 22.2. The van der Waals surface area contributed by atoms with Crippen LogP contribution in [0.4, 0.5) is 0 Å². The third-order valence-corrected chi connectivity index (χ3v) is 6.02. The summed E-state index contributed by atoms with van der Waals surface area (Å²) in [6, 6.07) is 11.2. The first kappa shape index (κ1) is 22.7. The zero-order valence-corrected chi connectivity index (χ0v) is 18.8. The fourth-order valence-electron chi connectivity index (χ4n) is 4.32. The number of methoxy groups -OCH3 is 1. The van der Waals surface area contributed by atoms with Gasteiger partial charge in [-0.05, 0) is 68.0 Å². The zero-order valence-electron chi connectivity index (χ0n) is 18.8. The Morgan fingerprint density at radius 3 is 2.55 bits per heavy atom. The molecule has 1 fully saturated rings. The Labute approximate surface area is 185 Å². The molecular weight excluding hydrogens is 388 g/mol. The fraction of sp³-hybridized carbons (Fsp3) is 0.423. The minimum Gasteiger partial charge on any atom is -0.497 e. The lowest BCUT2D eigenvalue weighted by atomic mass is 9.88. The molecule has 1 heterocycles. The molecule has 0 saturated heterocycles. The second kappa shape index (κ2) is 10.9. The van der Waals surface area contributed by atoms with Crippen LogP contribution in [0.1, 0.15) is 55.8 Å². The van der Waals surface area contributed by atoms with Gasteiger partial charge in [0, 0.05) is 18.3 Å². The summed E-state index contributed by atoms with van der Waals surface area (Å²) in [6.07, 6.45) is 9.30. The highest BCUT2D eigenvalue weighted by Crippen LogP contribution is 2.27. The molecule has 0 aliphatic heterocycles. The lowest BCUT2D eigenvalue weighted by Gasteiger charge is -2.29. The molecule has 0 unspecified atom stereocenters.